The lowest BCUT2D eigenvalue weighted by Crippen LogP contribution is -2.37. The first-order valence-corrected chi connectivity index (χ1v) is 7.17. The normalized spacial score (nSPS) is 37.9. The zero-order chi connectivity index (χ0) is 14.1. The summed E-state index contributed by atoms with van der Waals surface area (Å²) >= 11 is 0. The molecule has 1 aromatic rings. The quantitative estimate of drug-likeness (QED) is 0.579. The van der Waals surface area contributed by atoms with Gasteiger partial charge < -0.3 is 0 Å². The zero-order valence-electron chi connectivity index (χ0n) is 11.7. The number of nitrogens with zero attached hydrogens (tertiary/aromatic N) is 1. The summed E-state index contributed by atoms with van der Waals surface area (Å²) in [6, 6.07) is 7.63. The molecule has 2 fully saturated rings. The van der Waals surface area contributed by atoms with E-state index in [9.17, 15) is 9.59 Å². The van der Waals surface area contributed by atoms with Crippen LogP contribution in [0.3, 0.4) is 0 Å². The molecule has 1 saturated carbocycles. The Kier molecular flexibility index (Phi) is 2.14. The van der Waals surface area contributed by atoms with Gasteiger partial charge in [0.1, 0.15) is 0 Å². The van der Waals surface area contributed by atoms with Crippen molar-refractivity contribution in [3.05, 3.63) is 42.0 Å². The lowest BCUT2D eigenvalue weighted by Gasteiger charge is -2.28. The Labute approximate surface area is 118 Å². The number of rotatable bonds is 1. The Morgan fingerprint density at radius 1 is 1.25 bits per heavy atom. The van der Waals surface area contributed by atoms with E-state index in [0.29, 0.717) is 0 Å². The van der Waals surface area contributed by atoms with E-state index >= 15 is 0 Å². The number of amides is 2. The highest BCUT2D eigenvalue weighted by atomic mass is 16.2. The third-order valence-electron chi connectivity index (χ3n) is 5.37. The first-order chi connectivity index (χ1) is 9.53. The van der Waals surface area contributed by atoms with Gasteiger partial charge >= 0.3 is 0 Å². The Bertz CT molecular complexity index is 663. The van der Waals surface area contributed by atoms with Gasteiger partial charge in [0, 0.05) is 0 Å². The fraction of sp³-hybridized carbons (Fsp3) is 0.412. The van der Waals surface area contributed by atoms with Crippen molar-refractivity contribution in [2.45, 2.75) is 20.3 Å². The van der Waals surface area contributed by atoms with Crippen LogP contribution in [0.1, 0.15) is 18.9 Å². The monoisotopic (exact) mass is 267 g/mol. The van der Waals surface area contributed by atoms with Gasteiger partial charge in [-0.1, -0.05) is 24.3 Å². The van der Waals surface area contributed by atoms with Crippen molar-refractivity contribution in [1.82, 2.24) is 0 Å². The molecule has 20 heavy (non-hydrogen) atoms. The summed E-state index contributed by atoms with van der Waals surface area (Å²) in [6.07, 6.45) is 5.22. The number of carbonyl (C=O) groups is 2. The molecular weight excluding hydrogens is 250 g/mol. The van der Waals surface area contributed by atoms with Crippen LogP contribution in [0.15, 0.2) is 36.4 Å². The number of aryl methyl sites for hydroxylation is 1. The summed E-state index contributed by atoms with van der Waals surface area (Å²) in [5.74, 6) is 0.278. The summed E-state index contributed by atoms with van der Waals surface area (Å²) in [5, 5.41) is 0. The number of benzene rings is 1. The third kappa shape index (κ3) is 1.21. The van der Waals surface area contributed by atoms with Gasteiger partial charge in [0.25, 0.3) is 0 Å². The number of anilines is 1. The maximum absolute atomic E-state index is 12.9. The molecule has 3 aliphatic rings. The maximum atomic E-state index is 12.9. The predicted octanol–water partition coefficient (Wildman–Crippen LogP) is 2.70. The van der Waals surface area contributed by atoms with Crippen LogP contribution in [0.2, 0.25) is 0 Å². The molecule has 102 valence electrons. The third-order valence-corrected chi connectivity index (χ3v) is 5.37. The van der Waals surface area contributed by atoms with Crippen LogP contribution >= 0.6 is 0 Å². The average molecular weight is 267 g/mol. The largest absolute Gasteiger partial charge is 0.274 e. The lowest BCUT2D eigenvalue weighted by molar-refractivity contribution is -0.127. The minimum Gasteiger partial charge on any atom is -0.274 e. The number of fused-ring (bicyclic) bond motifs is 5. The molecule has 0 radical (unpaired) electrons. The smallest absolute Gasteiger partial charge is 0.241 e. The van der Waals surface area contributed by atoms with Crippen molar-refractivity contribution in [1.29, 1.82) is 0 Å². The molecule has 2 aliphatic carbocycles. The number of hydrogen-bond acceptors (Lipinski definition) is 2. The Morgan fingerprint density at radius 2 is 2.05 bits per heavy atom. The second kappa shape index (κ2) is 3.60. The molecule has 1 heterocycles. The van der Waals surface area contributed by atoms with Crippen molar-refractivity contribution < 1.29 is 9.59 Å². The van der Waals surface area contributed by atoms with E-state index < -0.39 is 5.41 Å². The summed E-state index contributed by atoms with van der Waals surface area (Å²) in [6.45, 7) is 3.95. The summed E-state index contributed by atoms with van der Waals surface area (Å²) < 4.78 is 0. The Hall–Kier alpha value is -1.90. The first kappa shape index (κ1) is 11.9. The van der Waals surface area contributed by atoms with Crippen molar-refractivity contribution in [3.8, 4) is 0 Å². The number of carbonyl (C=O) groups excluding carboxylic acids is 2. The minimum atomic E-state index is -0.528. The molecule has 4 rings (SSSR count). The van der Waals surface area contributed by atoms with E-state index in [-0.39, 0.29) is 29.6 Å². The predicted molar refractivity (Wildman–Crippen MR) is 76.0 cm³/mol. The van der Waals surface area contributed by atoms with Crippen LogP contribution in [0.25, 0.3) is 0 Å². The topological polar surface area (TPSA) is 37.4 Å². The standard InChI is InChI=1S/C17H17NO2/c1-10-4-3-5-13(8-10)18-15(19)14-11-6-7-12(9-11)17(14,2)16(18)20/h3-8,11-12,14H,9H2,1-2H3/t11-,12-,14-,17+/m1/s1. The molecule has 3 nitrogen and oxygen atoms in total. The number of allylic oxidation sites excluding steroid dienone is 2. The van der Waals surface area contributed by atoms with Gasteiger partial charge in [0.2, 0.25) is 11.8 Å². The molecule has 4 atom stereocenters. The Balaban J connectivity index is 1.82. The van der Waals surface area contributed by atoms with Gasteiger partial charge in [0.15, 0.2) is 0 Å². The average Bonchev–Trinajstić information content (AvgIpc) is 3.03. The highest BCUT2D eigenvalue weighted by Gasteiger charge is 2.67. The van der Waals surface area contributed by atoms with Gasteiger partial charge in [-0.25, -0.2) is 4.90 Å². The molecule has 0 N–H and O–H groups in total. The SMILES string of the molecule is Cc1cccc(N2C(=O)[C@H]3[C@@H]4C=C[C@H](C4)[C@]3(C)C2=O)c1. The first-order valence-electron chi connectivity index (χ1n) is 7.17. The summed E-state index contributed by atoms with van der Waals surface area (Å²) in [7, 11) is 0. The number of hydrogen-bond donors (Lipinski definition) is 0. The molecule has 1 aliphatic heterocycles. The van der Waals surface area contributed by atoms with Crippen LogP contribution in [-0.4, -0.2) is 11.8 Å². The minimum absolute atomic E-state index is 0.0139. The number of imide groups is 1. The van der Waals surface area contributed by atoms with Crippen LogP contribution in [-0.2, 0) is 9.59 Å². The molecule has 1 aromatic carbocycles. The molecule has 3 heteroatoms. The second-order valence-corrected chi connectivity index (χ2v) is 6.47. The molecule has 0 aromatic heterocycles. The van der Waals surface area contributed by atoms with Crippen molar-refractivity contribution in [2.24, 2.45) is 23.2 Å². The van der Waals surface area contributed by atoms with Gasteiger partial charge in [0.05, 0.1) is 17.0 Å². The highest BCUT2D eigenvalue weighted by Crippen LogP contribution is 2.60. The van der Waals surface area contributed by atoms with Gasteiger partial charge in [-0.2, -0.15) is 0 Å². The molecule has 0 spiro atoms. The summed E-state index contributed by atoms with van der Waals surface area (Å²) in [4.78, 5) is 27.1. The summed E-state index contributed by atoms with van der Waals surface area (Å²) in [5.41, 5.74) is 1.25. The second-order valence-electron chi connectivity index (χ2n) is 6.47. The van der Waals surface area contributed by atoms with Gasteiger partial charge in [-0.05, 0) is 49.8 Å². The molecule has 2 bridgehead atoms. The van der Waals surface area contributed by atoms with Crippen molar-refractivity contribution in [3.63, 3.8) is 0 Å². The van der Waals surface area contributed by atoms with Crippen molar-refractivity contribution in [2.75, 3.05) is 4.90 Å². The van der Waals surface area contributed by atoms with Crippen LogP contribution < -0.4 is 4.90 Å². The van der Waals surface area contributed by atoms with E-state index in [1.807, 2.05) is 38.1 Å². The van der Waals surface area contributed by atoms with Crippen LogP contribution in [0, 0.1) is 30.1 Å². The fourth-order valence-electron chi connectivity index (χ4n) is 4.32. The van der Waals surface area contributed by atoms with Gasteiger partial charge in [-0.3, -0.25) is 9.59 Å². The van der Waals surface area contributed by atoms with E-state index in [1.165, 1.54) is 4.90 Å². The van der Waals surface area contributed by atoms with E-state index in [2.05, 4.69) is 12.2 Å². The highest BCUT2D eigenvalue weighted by molar-refractivity contribution is 6.24. The maximum Gasteiger partial charge on any atom is 0.241 e. The molecule has 2 amide bonds. The van der Waals surface area contributed by atoms with E-state index in [0.717, 1.165) is 17.7 Å². The zero-order valence-corrected chi connectivity index (χ0v) is 11.7. The van der Waals surface area contributed by atoms with E-state index in [4.69, 9.17) is 0 Å². The van der Waals surface area contributed by atoms with Crippen LogP contribution in [0.4, 0.5) is 5.69 Å². The van der Waals surface area contributed by atoms with Crippen LogP contribution in [0.5, 0.6) is 0 Å². The lowest BCUT2D eigenvalue weighted by atomic mass is 9.71. The van der Waals surface area contributed by atoms with E-state index in [1.54, 1.807) is 0 Å². The molecule has 0 unspecified atom stereocenters. The van der Waals surface area contributed by atoms with Gasteiger partial charge in [-0.15, -0.1) is 0 Å². The Morgan fingerprint density at radius 3 is 2.75 bits per heavy atom. The van der Waals surface area contributed by atoms with Crippen molar-refractivity contribution >= 4 is 17.5 Å². The molecular formula is C17H17NO2. The fourth-order valence-corrected chi connectivity index (χ4v) is 4.32. The molecule has 1 saturated heterocycles.